The van der Waals surface area contributed by atoms with Crippen LogP contribution in [0.4, 0.5) is 0 Å². The van der Waals surface area contributed by atoms with Crippen molar-refractivity contribution < 1.29 is 4.74 Å². The molecular weight excluding hydrogens is 266 g/mol. The van der Waals surface area contributed by atoms with Crippen LogP contribution in [0.3, 0.4) is 0 Å². The fourth-order valence-corrected chi connectivity index (χ4v) is 2.27. The number of nitrogens with two attached hydrogens (primary N) is 1. The van der Waals surface area contributed by atoms with Crippen molar-refractivity contribution in [2.75, 3.05) is 6.61 Å². The second-order valence-corrected chi connectivity index (χ2v) is 6.77. The highest BCUT2D eigenvalue weighted by atomic mass is 32.1. The van der Waals surface area contributed by atoms with E-state index in [1.165, 1.54) is 11.1 Å². The van der Waals surface area contributed by atoms with Crippen molar-refractivity contribution in [1.82, 2.24) is 0 Å². The lowest BCUT2D eigenvalue weighted by Crippen LogP contribution is -2.14. The van der Waals surface area contributed by atoms with Crippen LogP contribution in [0.15, 0.2) is 18.2 Å². The first-order valence-electron chi connectivity index (χ1n) is 7.39. The molecule has 0 spiro atoms. The molecule has 112 valence electrons. The Morgan fingerprint density at radius 3 is 2.55 bits per heavy atom. The zero-order valence-corrected chi connectivity index (χ0v) is 14.0. The van der Waals surface area contributed by atoms with Gasteiger partial charge in [-0.2, -0.15) is 0 Å². The molecule has 3 heteroatoms. The lowest BCUT2D eigenvalue weighted by atomic mass is 9.85. The Kier molecular flexibility index (Phi) is 6.47. The molecule has 1 aromatic rings. The minimum Gasteiger partial charge on any atom is -0.493 e. The molecule has 0 unspecified atom stereocenters. The van der Waals surface area contributed by atoms with Crippen LogP contribution in [0.5, 0.6) is 5.75 Å². The molecule has 0 saturated carbocycles. The zero-order chi connectivity index (χ0) is 15.2. The first kappa shape index (κ1) is 17.0. The van der Waals surface area contributed by atoms with Crippen LogP contribution in [0.25, 0.3) is 0 Å². The average molecular weight is 293 g/mol. The highest BCUT2D eigenvalue weighted by Crippen LogP contribution is 2.32. The summed E-state index contributed by atoms with van der Waals surface area (Å²) < 4.78 is 5.87. The van der Waals surface area contributed by atoms with Gasteiger partial charge < -0.3 is 10.5 Å². The van der Waals surface area contributed by atoms with Gasteiger partial charge in [0.05, 0.1) is 11.6 Å². The molecule has 0 atom stereocenters. The molecule has 0 aliphatic rings. The summed E-state index contributed by atoms with van der Waals surface area (Å²) in [5.41, 5.74) is 8.24. The molecule has 0 aliphatic carbocycles. The highest BCUT2D eigenvalue weighted by molar-refractivity contribution is 7.80. The average Bonchev–Trinajstić information content (AvgIpc) is 2.35. The number of hydrogen-bond acceptors (Lipinski definition) is 2. The van der Waals surface area contributed by atoms with E-state index in [1.54, 1.807) is 0 Å². The van der Waals surface area contributed by atoms with Gasteiger partial charge in [-0.3, -0.25) is 0 Å². The van der Waals surface area contributed by atoms with Gasteiger partial charge in [0.1, 0.15) is 5.75 Å². The fraction of sp³-hybridized carbons (Fsp3) is 0.588. The van der Waals surface area contributed by atoms with Crippen LogP contribution < -0.4 is 10.5 Å². The maximum absolute atomic E-state index is 5.87. The first-order valence-corrected chi connectivity index (χ1v) is 7.80. The number of hydrogen-bond donors (Lipinski definition) is 1. The molecule has 0 heterocycles. The molecule has 0 saturated heterocycles. The number of ether oxygens (including phenoxy) is 1. The van der Waals surface area contributed by atoms with Crippen molar-refractivity contribution in [3.63, 3.8) is 0 Å². The summed E-state index contributed by atoms with van der Waals surface area (Å²) in [5.74, 6) is 1.01. The number of rotatable bonds is 7. The summed E-state index contributed by atoms with van der Waals surface area (Å²) >= 11 is 4.92. The Balaban J connectivity index is 2.87. The van der Waals surface area contributed by atoms with Gasteiger partial charge in [-0.15, -0.1) is 0 Å². The van der Waals surface area contributed by atoms with Gasteiger partial charge in [0.15, 0.2) is 0 Å². The molecular formula is C17H27NOS. The van der Waals surface area contributed by atoms with Crippen molar-refractivity contribution in [3.8, 4) is 5.75 Å². The van der Waals surface area contributed by atoms with Crippen LogP contribution in [-0.2, 0) is 11.8 Å². The summed E-state index contributed by atoms with van der Waals surface area (Å²) in [6.45, 7) is 9.56. The van der Waals surface area contributed by atoms with Gasteiger partial charge in [-0.05, 0) is 48.3 Å². The van der Waals surface area contributed by atoms with Crippen molar-refractivity contribution in [1.29, 1.82) is 0 Å². The molecule has 0 fully saturated rings. The fourth-order valence-electron chi connectivity index (χ4n) is 2.12. The molecule has 0 aliphatic heterocycles. The van der Waals surface area contributed by atoms with E-state index in [4.69, 9.17) is 22.7 Å². The standard InChI is InChI=1S/C17H27NOS/c1-5-11-19-15-10-9-13(7-6-8-16(18)20)12-14(15)17(2,3)4/h9-10,12H,5-8,11H2,1-4H3,(H2,18,20). The lowest BCUT2D eigenvalue weighted by molar-refractivity contribution is 0.308. The Morgan fingerprint density at radius 2 is 2.00 bits per heavy atom. The van der Waals surface area contributed by atoms with Crippen LogP contribution in [0.1, 0.15) is 58.1 Å². The summed E-state index contributed by atoms with van der Waals surface area (Å²) in [6, 6.07) is 6.52. The normalized spacial score (nSPS) is 11.4. The van der Waals surface area contributed by atoms with Crippen LogP contribution >= 0.6 is 12.2 Å². The van der Waals surface area contributed by atoms with E-state index in [2.05, 4.69) is 45.9 Å². The maximum Gasteiger partial charge on any atom is 0.123 e. The number of benzene rings is 1. The lowest BCUT2D eigenvalue weighted by Gasteiger charge is -2.23. The minimum absolute atomic E-state index is 0.0856. The Hall–Kier alpha value is -1.09. The third-order valence-electron chi connectivity index (χ3n) is 3.20. The quantitative estimate of drug-likeness (QED) is 0.758. The van der Waals surface area contributed by atoms with E-state index in [9.17, 15) is 0 Å². The third kappa shape index (κ3) is 5.49. The SMILES string of the molecule is CCCOc1ccc(CCCC(N)=S)cc1C(C)(C)C. The van der Waals surface area contributed by atoms with Crippen LogP contribution in [0.2, 0.25) is 0 Å². The summed E-state index contributed by atoms with van der Waals surface area (Å²) in [7, 11) is 0. The summed E-state index contributed by atoms with van der Waals surface area (Å²) in [6.07, 6.45) is 3.86. The largest absolute Gasteiger partial charge is 0.493 e. The van der Waals surface area contributed by atoms with Gasteiger partial charge in [0.25, 0.3) is 0 Å². The molecule has 0 radical (unpaired) electrons. The Morgan fingerprint density at radius 1 is 1.30 bits per heavy atom. The minimum atomic E-state index is 0.0856. The summed E-state index contributed by atoms with van der Waals surface area (Å²) in [5, 5.41) is 0. The predicted octanol–water partition coefficient (Wildman–Crippen LogP) is 4.38. The van der Waals surface area contributed by atoms with Gasteiger partial charge in [-0.25, -0.2) is 0 Å². The van der Waals surface area contributed by atoms with Crippen LogP contribution in [0, 0.1) is 0 Å². The van der Waals surface area contributed by atoms with Crippen molar-refractivity contribution in [2.24, 2.45) is 5.73 Å². The molecule has 2 N–H and O–H groups in total. The molecule has 0 amide bonds. The molecule has 1 rings (SSSR count). The van der Waals surface area contributed by atoms with Gasteiger partial charge >= 0.3 is 0 Å². The van der Waals surface area contributed by atoms with E-state index < -0.39 is 0 Å². The molecule has 0 bridgehead atoms. The van der Waals surface area contributed by atoms with Crippen molar-refractivity contribution in [2.45, 2.75) is 58.8 Å². The topological polar surface area (TPSA) is 35.2 Å². The molecule has 2 nitrogen and oxygen atoms in total. The van der Waals surface area contributed by atoms with Crippen LogP contribution in [-0.4, -0.2) is 11.6 Å². The van der Waals surface area contributed by atoms with E-state index in [-0.39, 0.29) is 5.41 Å². The van der Waals surface area contributed by atoms with Gasteiger partial charge in [0, 0.05) is 0 Å². The van der Waals surface area contributed by atoms with E-state index in [1.807, 2.05) is 0 Å². The number of aryl methyl sites for hydroxylation is 1. The first-order chi connectivity index (χ1) is 9.34. The third-order valence-corrected chi connectivity index (χ3v) is 3.41. The summed E-state index contributed by atoms with van der Waals surface area (Å²) in [4.78, 5) is 0.601. The molecule has 1 aromatic carbocycles. The van der Waals surface area contributed by atoms with Gasteiger partial charge in [-0.1, -0.05) is 52.0 Å². The molecule has 20 heavy (non-hydrogen) atoms. The number of thiocarbonyl (C=S) groups is 1. The molecule has 0 aromatic heterocycles. The van der Waals surface area contributed by atoms with Crippen molar-refractivity contribution >= 4 is 17.2 Å². The monoisotopic (exact) mass is 293 g/mol. The van der Waals surface area contributed by atoms with E-state index >= 15 is 0 Å². The second kappa shape index (κ2) is 7.63. The smallest absolute Gasteiger partial charge is 0.123 e. The Labute approximate surface area is 128 Å². The highest BCUT2D eigenvalue weighted by Gasteiger charge is 2.19. The van der Waals surface area contributed by atoms with Gasteiger partial charge in [0.2, 0.25) is 0 Å². The second-order valence-electron chi connectivity index (χ2n) is 6.25. The Bertz CT molecular complexity index is 449. The maximum atomic E-state index is 5.87. The van der Waals surface area contributed by atoms with Crippen molar-refractivity contribution in [3.05, 3.63) is 29.3 Å². The van der Waals surface area contributed by atoms with E-state index in [0.29, 0.717) is 4.99 Å². The zero-order valence-electron chi connectivity index (χ0n) is 13.2. The van der Waals surface area contributed by atoms with E-state index in [0.717, 1.165) is 38.0 Å². The predicted molar refractivity (Wildman–Crippen MR) is 90.7 cm³/mol.